The van der Waals surface area contributed by atoms with Crippen LogP contribution in [-0.2, 0) is 10.5 Å². The number of methoxy groups -OCH3 is 1. The van der Waals surface area contributed by atoms with Crippen LogP contribution < -0.4 is 10.1 Å². The molecule has 0 atom stereocenters. The van der Waals surface area contributed by atoms with Crippen LogP contribution in [0.25, 0.3) is 0 Å². The highest BCUT2D eigenvalue weighted by Gasteiger charge is 2.27. The zero-order chi connectivity index (χ0) is 20.0. The van der Waals surface area contributed by atoms with E-state index in [0.717, 1.165) is 16.2 Å². The molecule has 27 heavy (non-hydrogen) atoms. The second-order valence-electron chi connectivity index (χ2n) is 6.76. The van der Waals surface area contributed by atoms with E-state index in [1.165, 1.54) is 6.07 Å². The SMILES string of the molecule is CCC(C)(C)C(=O)Nc1cc(SCc2ccc(OC)cc2)ccc1[N+](=O)[O-]. The molecule has 0 unspecified atom stereocenters. The zero-order valence-corrected chi connectivity index (χ0v) is 16.8. The molecule has 0 saturated carbocycles. The minimum Gasteiger partial charge on any atom is -0.497 e. The predicted octanol–water partition coefficient (Wildman–Crippen LogP) is 5.27. The summed E-state index contributed by atoms with van der Waals surface area (Å²) < 4.78 is 5.15. The highest BCUT2D eigenvalue weighted by molar-refractivity contribution is 7.98. The first-order chi connectivity index (χ1) is 12.8. The molecule has 0 bridgehead atoms. The molecule has 0 aliphatic carbocycles. The van der Waals surface area contributed by atoms with Gasteiger partial charge in [0.15, 0.2) is 0 Å². The third-order valence-corrected chi connectivity index (χ3v) is 5.54. The minimum atomic E-state index is -0.597. The van der Waals surface area contributed by atoms with Crippen molar-refractivity contribution in [2.75, 3.05) is 12.4 Å². The fraction of sp³-hybridized carbons (Fsp3) is 0.350. The van der Waals surface area contributed by atoms with Gasteiger partial charge in [-0.2, -0.15) is 0 Å². The quantitative estimate of drug-likeness (QED) is 0.378. The van der Waals surface area contributed by atoms with Crippen molar-refractivity contribution in [1.82, 2.24) is 0 Å². The number of carbonyl (C=O) groups excluding carboxylic acids is 1. The first kappa shape index (κ1) is 20.8. The first-order valence-corrected chi connectivity index (χ1v) is 9.61. The number of hydrogen-bond acceptors (Lipinski definition) is 5. The van der Waals surface area contributed by atoms with E-state index in [-0.39, 0.29) is 17.3 Å². The van der Waals surface area contributed by atoms with Crippen LogP contribution in [0.4, 0.5) is 11.4 Å². The molecule has 0 fully saturated rings. The number of hydrogen-bond donors (Lipinski definition) is 1. The molecule has 1 amide bonds. The number of nitrogens with zero attached hydrogens (tertiary/aromatic N) is 1. The lowest BCUT2D eigenvalue weighted by Gasteiger charge is -2.21. The molecular formula is C20H24N2O4S. The van der Waals surface area contributed by atoms with Gasteiger partial charge < -0.3 is 10.1 Å². The van der Waals surface area contributed by atoms with E-state index < -0.39 is 10.3 Å². The lowest BCUT2D eigenvalue weighted by atomic mass is 9.89. The van der Waals surface area contributed by atoms with Crippen molar-refractivity contribution in [3.05, 3.63) is 58.1 Å². The van der Waals surface area contributed by atoms with Crippen molar-refractivity contribution in [1.29, 1.82) is 0 Å². The Kier molecular flexibility index (Phi) is 6.85. The summed E-state index contributed by atoms with van der Waals surface area (Å²) in [5, 5.41) is 14.0. The average molecular weight is 388 g/mol. The van der Waals surface area contributed by atoms with Crippen LogP contribution in [-0.4, -0.2) is 17.9 Å². The normalized spacial score (nSPS) is 11.1. The summed E-state index contributed by atoms with van der Waals surface area (Å²) in [5.41, 5.74) is 0.632. The van der Waals surface area contributed by atoms with Crippen LogP contribution in [0.15, 0.2) is 47.4 Å². The maximum Gasteiger partial charge on any atom is 0.292 e. The van der Waals surface area contributed by atoms with Gasteiger partial charge in [0.2, 0.25) is 5.91 Å². The van der Waals surface area contributed by atoms with Gasteiger partial charge >= 0.3 is 0 Å². The van der Waals surface area contributed by atoms with Crippen molar-refractivity contribution < 1.29 is 14.5 Å². The third-order valence-electron chi connectivity index (χ3n) is 4.48. The van der Waals surface area contributed by atoms with Gasteiger partial charge in [-0.1, -0.05) is 32.9 Å². The van der Waals surface area contributed by atoms with Crippen LogP contribution >= 0.6 is 11.8 Å². The van der Waals surface area contributed by atoms with E-state index in [0.29, 0.717) is 12.2 Å². The third kappa shape index (κ3) is 5.47. The van der Waals surface area contributed by atoms with Crippen molar-refractivity contribution in [2.24, 2.45) is 5.41 Å². The van der Waals surface area contributed by atoms with Gasteiger partial charge in [0, 0.05) is 22.1 Å². The van der Waals surface area contributed by atoms with Crippen LogP contribution in [0.5, 0.6) is 5.75 Å². The van der Waals surface area contributed by atoms with E-state index >= 15 is 0 Å². The standard InChI is InChI=1S/C20H24N2O4S/c1-5-20(2,3)19(23)21-17-12-16(10-11-18(17)22(24)25)27-13-14-6-8-15(26-4)9-7-14/h6-12H,5,13H2,1-4H3,(H,21,23). The van der Waals surface area contributed by atoms with Crippen LogP contribution in [0.3, 0.4) is 0 Å². The summed E-state index contributed by atoms with van der Waals surface area (Å²) in [6.45, 7) is 5.54. The number of anilines is 1. The van der Waals surface area contributed by atoms with Gasteiger partial charge in [-0.3, -0.25) is 14.9 Å². The van der Waals surface area contributed by atoms with Gasteiger partial charge in [-0.25, -0.2) is 0 Å². The number of rotatable bonds is 8. The van der Waals surface area contributed by atoms with Gasteiger partial charge in [-0.05, 0) is 36.2 Å². The molecule has 0 saturated heterocycles. The van der Waals surface area contributed by atoms with Crippen molar-refractivity contribution >= 4 is 29.0 Å². The Labute approximate surface area is 163 Å². The second-order valence-corrected chi connectivity index (χ2v) is 7.81. The Balaban J connectivity index is 2.18. The highest BCUT2D eigenvalue weighted by atomic mass is 32.2. The Morgan fingerprint density at radius 2 is 1.89 bits per heavy atom. The number of thioether (sulfide) groups is 1. The second kappa shape index (κ2) is 8.90. The van der Waals surface area contributed by atoms with Gasteiger partial charge in [0.1, 0.15) is 11.4 Å². The molecule has 0 aromatic heterocycles. The highest BCUT2D eigenvalue weighted by Crippen LogP contribution is 2.33. The van der Waals surface area contributed by atoms with Gasteiger partial charge in [-0.15, -0.1) is 11.8 Å². The lowest BCUT2D eigenvalue weighted by Crippen LogP contribution is -2.30. The van der Waals surface area contributed by atoms with Crippen LogP contribution in [0.1, 0.15) is 32.8 Å². The molecule has 7 heteroatoms. The molecule has 0 heterocycles. The molecule has 2 aromatic rings. The molecule has 2 rings (SSSR count). The topological polar surface area (TPSA) is 81.5 Å². The minimum absolute atomic E-state index is 0.107. The Morgan fingerprint density at radius 3 is 2.44 bits per heavy atom. The molecule has 144 valence electrons. The number of benzene rings is 2. The van der Waals surface area contributed by atoms with Crippen LogP contribution in [0.2, 0.25) is 0 Å². The van der Waals surface area contributed by atoms with E-state index in [1.807, 2.05) is 45.0 Å². The molecule has 0 aliphatic rings. The first-order valence-electron chi connectivity index (χ1n) is 8.62. The fourth-order valence-corrected chi connectivity index (χ4v) is 3.10. The molecule has 0 aliphatic heterocycles. The lowest BCUT2D eigenvalue weighted by molar-refractivity contribution is -0.384. The van der Waals surface area contributed by atoms with Crippen LogP contribution in [0, 0.1) is 15.5 Å². The van der Waals surface area contributed by atoms with Gasteiger partial charge in [0.25, 0.3) is 5.69 Å². The number of carbonyl (C=O) groups is 1. The van der Waals surface area contributed by atoms with Crippen molar-refractivity contribution in [3.8, 4) is 5.75 Å². The monoisotopic (exact) mass is 388 g/mol. The fourth-order valence-electron chi connectivity index (χ4n) is 2.20. The Morgan fingerprint density at radius 1 is 1.22 bits per heavy atom. The number of nitro groups is 1. The maximum atomic E-state index is 12.4. The molecule has 1 N–H and O–H groups in total. The van der Waals surface area contributed by atoms with Crippen molar-refractivity contribution in [3.63, 3.8) is 0 Å². The largest absolute Gasteiger partial charge is 0.497 e. The Hall–Kier alpha value is -2.54. The van der Waals surface area contributed by atoms with Crippen molar-refractivity contribution in [2.45, 2.75) is 37.8 Å². The summed E-state index contributed by atoms with van der Waals surface area (Å²) in [5.74, 6) is 1.27. The number of nitrogens with one attached hydrogen (secondary N) is 1. The zero-order valence-electron chi connectivity index (χ0n) is 15.9. The van der Waals surface area contributed by atoms with E-state index in [2.05, 4.69) is 5.32 Å². The smallest absolute Gasteiger partial charge is 0.292 e. The van der Waals surface area contributed by atoms with E-state index in [9.17, 15) is 14.9 Å². The maximum absolute atomic E-state index is 12.4. The summed E-state index contributed by atoms with van der Waals surface area (Å²) >= 11 is 1.55. The average Bonchev–Trinajstić information content (AvgIpc) is 2.66. The summed E-state index contributed by atoms with van der Waals surface area (Å²) in [4.78, 5) is 24.1. The predicted molar refractivity (Wildman–Crippen MR) is 108 cm³/mol. The summed E-state index contributed by atoms with van der Waals surface area (Å²) in [6.07, 6.45) is 0.637. The summed E-state index contributed by atoms with van der Waals surface area (Å²) in [6, 6.07) is 12.5. The number of amides is 1. The Bertz CT molecular complexity index is 819. The molecule has 6 nitrogen and oxygen atoms in total. The van der Waals surface area contributed by atoms with E-state index in [4.69, 9.17) is 4.74 Å². The number of nitro benzene ring substituents is 1. The molecule has 2 aromatic carbocycles. The van der Waals surface area contributed by atoms with Gasteiger partial charge in [0.05, 0.1) is 12.0 Å². The molecule has 0 radical (unpaired) electrons. The summed E-state index contributed by atoms with van der Waals surface area (Å²) in [7, 11) is 1.62. The molecule has 0 spiro atoms. The van der Waals surface area contributed by atoms with E-state index in [1.54, 1.807) is 31.0 Å². The number of ether oxygens (including phenoxy) is 1. The molecular weight excluding hydrogens is 364 g/mol.